The fourth-order valence-corrected chi connectivity index (χ4v) is 1.98. The molecule has 1 aliphatic heterocycles. The Labute approximate surface area is 98.8 Å². The van der Waals surface area contributed by atoms with Gasteiger partial charge in [0.05, 0.1) is 11.9 Å². The molecular formula is C10H11Cl2N3. The lowest BCUT2D eigenvalue weighted by Gasteiger charge is -2.25. The molecule has 1 aromatic carbocycles. The summed E-state index contributed by atoms with van der Waals surface area (Å²) in [5.74, 6) is 0. The molecule has 0 aliphatic carbocycles. The molecule has 1 aromatic rings. The van der Waals surface area contributed by atoms with Crippen LogP contribution < -0.4 is 10.4 Å². The van der Waals surface area contributed by atoms with Crippen LogP contribution in [-0.2, 0) is 0 Å². The maximum atomic E-state index is 5.90. The van der Waals surface area contributed by atoms with E-state index in [-0.39, 0.29) is 0 Å². The van der Waals surface area contributed by atoms with E-state index in [4.69, 9.17) is 23.2 Å². The fourth-order valence-electron chi connectivity index (χ4n) is 1.54. The Morgan fingerprint density at radius 1 is 1.27 bits per heavy atom. The molecule has 2 rings (SSSR count). The molecule has 5 heteroatoms. The minimum Gasteiger partial charge on any atom is -0.290 e. The van der Waals surface area contributed by atoms with Gasteiger partial charge in [-0.25, -0.2) is 0 Å². The lowest BCUT2D eigenvalue weighted by Crippen LogP contribution is -2.38. The molecule has 0 spiro atoms. The third-order valence-corrected chi connectivity index (χ3v) is 2.65. The summed E-state index contributed by atoms with van der Waals surface area (Å²) in [6.07, 6.45) is 1.82. The molecule has 0 radical (unpaired) electrons. The summed E-state index contributed by atoms with van der Waals surface area (Å²) in [7, 11) is 1.89. The Hall–Kier alpha value is -0.900. The van der Waals surface area contributed by atoms with Gasteiger partial charge in [-0.3, -0.25) is 10.4 Å². The van der Waals surface area contributed by atoms with Crippen molar-refractivity contribution in [3.63, 3.8) is 0 Å². The predicted octanol–water partition coefficient (Wildman–Crippen LogP) is 2.86. The first kappa shape index (κ1) is 10.6. The number of nitrogens with one attached hydrogen (secondary N) is 1. The largest absolute Gasteiger partial charge is 0.290 e. The molecule has 15 heavy (non-hydrogen) atoms. The van der Waals surface area contributed by atoms with Crippen molar-refractivity contribution < 1.29 is 0 Å². The summed E-state index contributed by atoms with van der Waals surface area (Å²) in [4.78, 5) is 0. The lowest BCUT2D eigenvalue weighted by molar-refractivity contribution is 0.299. The van der Waals surface area contributed by atoms with Gasteiger partial charge >= 0.3 is 0 Å². The van der Waals surface area contributed by atoms with E-state index in [0.717, 1.165) is 16.3 Å². The quantitative estimate of drug-likeness (QED) is 0.766. The first-order valence-electron chi connectivity index (χ1n) is 4.51. The summed E-state index contributed by atoms with van der Waals surface area (Å²) in [5.41, 5.74) is 5.10. The zero-order valence-corrected chi connectivity index (χ0v) is 9.97. The Kier molecular flexibility index (Phi) is 2.78. The monoisotopic (exact) mass is 243 g/mol. The normalized spacial score (nSPS) is 16.5. The van der Waals surface area contributed by atoms with Gasteiger partial charge in [0.25, 0.3) is 0 Å². The second-order valence-electron chi connectivity index (χ2n) is 3.39. The van der Waals surface area contributed by atoms with Crippen LogP contribution in [0.1, 0.15) is 5.56 Å². The molecule has 0 bridgehead atoms. The van der Waals surface area contributed by atoms with Crippen molar-refractivity contribution in [2.45, 2.75) is 6.92 Å². The van der Waals surface area contributed by atoms with Gasteiger partial charge in [0.2, 0.25) is 0 Å². The van der Waals surface area contributed by atoms with Crippen LogP contribution in [0.3, 0.4) is 0 Å². The summed E-state index contributed by atoms with van der Waals surface area (Å²) in [6.45, 7) is 2.01. The molecule has 0 amide bonds. The van der Waals surface area contributed by atoms with Crippen LogP contribution in [0.2, 0.25) is 5.02 Å². The molecule has 80 valence electrons. The highest BCUT2D eigenvalue weighted by Gasteiger charge is 2.19. The molecule has 0 fully saturated rings. The van der Waals surface area contributed by atoms with Crippen molar-refractivity contribution >= 4 is 28.9 Å². The molecule has 1 N–H and O–H groups in total. The van der Waals surface area contributed by atoms with E-state index >= 15 is 0 Å². The highest BCUT2D eigenvalue weighted by atomic mass is 35.5. The molecule has 0 saturated carbocycles. The zero-order valence-electron chi connectivity index (χ0n) is 8.46. The van der Waals surface area contributed by atoms with Gasteiger partial charge < -0.3 is 0 Å². The molecule has 0 saturated heterocycles. The molecule has 0 aromatic heterocycles. The van der Waals surface area contributed by atoms with E-state index in [1.807, 2.05) is 43.4 Å². The van der Waals surface area contributed by atoms with Crippen LogP contribution in [-0.4, -0.2) is 12.2 Å². The van der Waals surface area contributed by atoms with E-state index in [1.165, 1.54) is 0 Å². The van der Waals surface area contributed by atoms with E-state index in [9.17, 15) is 0 Å². The predicted molar refractivity (Wildman–Crippen MR) is 63.5 cm³/mol. The number of benzene rings is 1. The van der Waals surface area contributed by atoms with Gasteiger partial charge in [-0.1, -0.05) is 23.2 Å². The van der Waals surface area contributed by atoms with Gasteiger partial charge in [0, 0.05) is 12.1 Å². The molecule has 1 aliphatic rings. The molecule has 1 heterocycles. The van der Waals surface area contributed by atoms with E-state index < -0.39 is 0 Å². The first-order valence-corrected chi connectivity index (χ1v) is 5.26. The first-order chi connectivity index (χ1) is 7.08. The van der Waals surface area contributed by atoms with Gasteiger partial charge in [0.1, 0.15) is 5.16 Å². The number of rotatable bonds is 1. The number of nitrogens with zero attached hydrogens (tertiary/aromatic N) is 2. The van der Waals surface area contributed by atoms with Crippen molar-refractivity contribution in [1.29, 1.82) is 0 Å². The SMILES string of the molecule is Cc1cc(Cl)ccc1N1C=C(Cl)NN1C. The van der Waals surface area contributed by atoms with Gasteiger partial charge in [0.15, 0.2) is 0 Å². The van der Waals surface area contributed by atoms with Crippen molar-refractivity contribution in [1.82, 2.24) is 10.5 Å². The molecule has 0 unspecified atom stereocenters. The number of hydrogen-bond acceptors (Lipinski definition) is 3. The summed E-state index contributed by atoms with van der Waals surface area (Å²) in [6, 6.07) is 5.74. The molecule has 0 atom stereocenters. The third-order valence-electron chi connectivity index (χ3n) is 2.23. The standard InChI is InChI=1S/C10H11Cl2N3/c1-7-5-8(11)3-4-9(7)15-6-10(12)13-14(15)2/h3-6,13H,1-2H3. The number of hydrogen-bond donors (Lipinski definition) is 1. The minimum absolute atomic E-state index is 0.590. The smallest absolute Gasteiger partial charge is 0.136 e. The van der Waals surface area contributed by atoms with Crippen molar-refractivity contribution in [2.24, 2.45) is 0 Å². The van der Waals surface area contributed by atoms with Gasteiger partial charge in [-0.05, 0) is 30.7 Å². The average molecular weight is 244 g/mol. The molecule has 3 nitrogen and oxygen atoms in total. The van der Waals surface area contributed by atoms with Crippen LogP contribution in [0.15, 0.2) is 29.6 Å². The average Bonchev–Trinajstić information content (AvgIpc) is 2.45. The maximum Gasteiger partial charge on any atom is 0.136 e. The second-order valence-corrected chi connectivity index (χ2v) is 4.23. The maximum absolute atomic E-state index is 5.90. The Morgan fingerprint density at radius 2 is 2.00 bits per heavy atom. The molecular weight excluding hydrogens is 233 g/mol. The summed E-state index contributed by atoms with van der Waals surface area (Å²) >= 11 is 11.8. The second kappa shape index (κ2) is 3.93. The Balaban J connectivity index is 2.38. The van der Waals surface area contributed by atoms with Gasteiger partial charge in [-0.2, -0.15) is 0 Å². The number of halogens is 2. The number of anilines is 1. The van der Waals surface area contributed by atoms with Crippen LogP contribution >= 0.6 is 23.2 Å². The fraction of sp³-hybridized carbons (Fsp3) is 0.200. The highest BCUT2D eigenvalue weighted by Crippen LogP contribution is 2.27. The van der Waals surface area contributed by atoms with Crippen LogP contribution in [0, 0.1) is 6.92 Å². The van der Waals surface area contributed by atoms with E-state index in [0.29, 0.717) is 5.16 Å². The van der Waals surface area contributed by atoms with E-state index in [1.54, 1.807) is 5.12 Å². The van der Waals surface area contributed by atoms with E-state index in [2.05, 4.69) is 5.43 Å². The summed E-state index contributed by atoms with van der Waals surface area (Å²) in [5, 5.41) is 5.06. The van der Waals surface area contributed by atoms with Crippen molar-refractivity contribution in [2.75, 3.05) is 12.1 Å². The van der Waals surface area contributed by atoms with Crippen LogP contribution in [0.5, 0.6) is 0 Å². The van der Waals surface area contributed by atoms with Crippen molar-refractivity contribution in [3.8, 4) is 0 Å². The van der Waals surface area contributed by atoms with Gasteiger partial charge in [-0.15, -0.1) is 5.12 Å². The topological polar surface area (TPSA) is 18.5 Å². The Morgan fingerprint density at radius 3 is 2.53 bits per heavy atom. The van der Waals surface area contributed by atoms with Crippen LogP contribution in [0.25, 0.3) is 0 Å². The lowest BCUT2D eigenvalue weighted by atomic mass is 10.2. The van der Waals surface area contributed by atoms with Crippen molar-refractivity contribution in [3.05, 3.63) is 40.1 Å². The number of hydrazine groups is 2. The minimum atomic E-state index is 0.590. The third kappa shape index (κ3) is 2.04. The zero-order chi connectivity index (χ0) is 11.0. The Bertz CT molecular complexity index is 417. The van der Waals surface area contributed by atoms with Crippen LogP contribution in [0.4, 0.5) is 5.69 Å². The number of aryl methyl sites for hydroxylation is 1. The summed E-state index contributed by atoms with van der Waals surface area (Å²) < 4.78 is 0. The highest BCUT2D eigenvalue weighted by molar-refractivity contribution is 6.30.